The van der Waals surface area contributed by atoms with E-state index in [9.17, 15) is 9.18 Å². The van der Waals surface area contributed by atoms with Gasteiger partial charge in [-0.3, -0.25) is 9.78 Å². The zero-order valence-corrected chi connectivity index (χ0v) is 18.2. The summed E-state index contributed by atoms with van der Waals surface area (Å²) in [6.45, 7) is 3.47. The number of anilines is 1. The van der Waals surface area contributed by atoms with Crippen LogP contribution in [-0.2, 0) is 9.53 Å². The number of amides is 1. The van der Waals surface area contributed by atoms with Crippen molar-refractivity contribution in [1.29, 1.82) is 0 Å². The molecule has 168 valence electrons. The van der Waals surface area contributed by atoms with Gasteiger partial charge in [-0.25, -0.2) is 18.9 Å². The number of halogens is 1. The summed E-state index contributed by atoms with van der Waals surface area (Å²) in [5.74, 6) is 0.472. The van der Waals surface area contributed by atoms with Gasteiger partial charge in [0.2, 0.25) is 5.91 Å². The summed E-state index contributed by atoms with van der Waals surface area (Å²) in [6, 6.07) is 5.89. The molecule has 1 saturated heterocycles. The zero-order valence-electron chi connectivity index (χ0n) is 18.2. The van der Waals surface area contributed by atoms with Crippen molar-refractivity contribution in [2.75, 3.05) is 18.5 Å². The van der Waals surface area contributed by atoms with Crippen LogP contribution in [0.15, 0.2) is 36.8 Å². The van der Waals surface area contributed by atoms with E-state index in [0.29, 0.717) is 17.6 Å². The fraction of sp³-hybridized carbons (Fsp3) is 0.375. The van der Waals surface area contributed by atoms with Crippen LogP contribution in [0.2, 0.25) is 0 Å². The number of hydrogen-bond acceptors (Lipinski definition) is 6. The predicted octanol–water partition coefficient (Wildman–Crippen LogP) is 3.84. The minimum Gasteiger partial charge on any atom is -0.381 e. The molecule has 1 aliphatic carbocycles. The number of nitrogens with zero attached hydrogens (tertiary/aromatic N) is 5. The molecule has 0 unspecified atom stereocenters. The normalized spacial score (nSPS) is 20.9. The topological polar surface area (TPSA) is 94.3 Å². The van der Waals surface area contributed by atoms with E-state index >= 15 is 0 Å². The molecule has 2 fully saturated rings. The van der Waals surface area contributed by atoms with Crippen LogP contribution in [0.4, 0.5) is 10.2 Å². The van der Waals surface area contributed by atoms with Gasteiger partial charge in [0.25, 0.3) is 0 Å². The number of aryl methyl sites for hydroxylation is 1. The van der Waals surface area contributed by atoms with Crippen molar-refractivity contribution in [3.05, 3.63) is 48.0 Å². The number of hydrogen-bond donors (Lipinski definition) is 1. The SMILES string of the molecule is Cc1ncc(-c2nc3ccc(C4CCOCC4)cn3n2)c2cc(NC(=O)[C@@H]3C[C@@H]3F)ncc12. The van der Waals surface area contributed by atoms with Gasteiger partial charge in [0, 0.05) is 53.8 Å². The van der Waals surface area contributed by atoms with Crippen molar-refractivity contribution < 1.29 is 13.9 Å². The molecule has 1 aliphatic heterocycles. The molecule has 8 nitrogen and oxygen atoms in total. The largest absolute Gasteiger partial charge is 0.381 e. The van der Waals surface area contributed by atoms with Crippen molar-refractivity contribution in [2.45, 2.75) is 38.3 Å². The highest BCUT2D eigenvalue weighted by atomic mass is 19.1. The van der Waals surface area contributed by atoms with Crippen LogP contribution in [0.5, 0.6) is 0 Å². The van der Waals surface area contributed by atoms with Gasteiger partial charge in [-0.1, -0.05) is 6.07 Å². The van der Waals surface area contributed by atoms with E-state index in [4.69, 9.17) is 14.8 Å². The highest BCUT2D eigenvalue weighted by molar-refractivity contribution is 6.00. The van der Waals surface area contributed by atoms with Gasteiger partial charge in [0.15, 0.2) is 11.5 Å². The fourth-order valence-corrected chi connectivity index (χ4v) is 4.45. The number of rotatable bonds is 4. The van der Waals surface area contributed by atoms with Crippen molar-refractivity contribution in [1.82, 2.24) is 24.6 Å². The predicted molar refractivity (Wildman–Crippen MR) is 121 cm³/mol. The molecule has 1 N–H and O–H groups in total. The summed E-state index contributed by atoms with van der Waals surface area (Å²) >= 11 is 0. The van der Waals surface area contributed by atoms with E-state index in [1.54, 1.807) is 18.5 Å². The second-order valence-corrected chi connectivity index (χ2v) is 8.81. The molecule has 6 rings (SSSR count). The lowest BCUT2D eigenvalue weighted by Gasteiger charge is -2.22. The number of pyridine rings is 3. The van der Waals surface area contributed by atoms with Gasteiger partial charge >= 0.3 is 0 Å². The van der Waals surface area contributed by atoms with Gasteiger partial charge in [0.1, 0.15) is 12.0 Å². The van der Waals surface area contributed by atoms with E-state index in [2.05, 4.69) is 21.4 Å². The number of alkyl halides is 1. The standard InChI is InChI=1S/C24H23FN6O2/c1-13-18-10-27-21(28-24(32)17-8-20(17)25)9-16(18)19(11-26-13)23-29-22-3-2-15(12-31(22)30-23)14-4-6-33-7-5-14/h2-3,9-12,14,17,20H,4-8H2,1H3,(H,27,28,32)/t17-,20+/m1/s1. The molecule has 9 heteroatoms. The summed E-state index contributed by atoms with van der Waals surface area (Å²) < 4.78 is 20.5. The lowest BCUT2D eigenvalue weighted by molar-refractivity contribution is -0.117. The Hall–Kier alpha value is -3.46. The van der Waals surface area contributed by atoms with E-state index in [1.165, 1.54) is 5.56 Å². The average molecular weight is 446 g/mol. The van der Waals surface area contributed by atoms with Crippen LogP contribution in [0, 0.1) is 12.8 Å². The maximum Gasteiger partial charge on any atom is 0.231 e. The molecule has 5 heterocycles. The Morgan fingerprint density at radius 1 is 1.18 bits per heavy atom. The minimum absolute atomic E-state index is 0.273. The minimum atomic E-state index is -1.05. The van der Waals surface area contributed by atoms with Crippen molar-refractivity contribution in [3.63, 3.8) is 0 Å². The molecule has 1 saturated carbocycles. The first-order valence-electron chi connectivity index (χ1n) is 11.2. The lowest BCUT2D eigenvalue weighted by atomic mass is 9.93. The Kier molecular flexibility index (Phi) is 4.79. The molecular formula is C24H23FN6O2. The van der Waals surface area contributed by atoms with Crippen LogP contribution < -0.4 is 5.32 Å². The summed E-state index contributed by atoms with van der Waals surface area (Å²) in [5, 5.41) is 9.15. The second kappa shape index (κ2) is 7.84. The third-order valence-electron chi connectivity index (χ3n) is 6.56. The number of carbonyl (C=O) groups excluding carboxylic acids is 1. The molecular weight excluding hydrogens is 423 g/mol. The van der Waals surface area contributed by atoms with Crippen LogP contribution in [0.25, 0.3) is 27.8 Å². The molecule has 2 atom stereocenters. The summed E-state index contributed by atoms with van der Waals surface area (Å²) in [5.41, 5.74) is 3.55. The highest BCUT2D eigenvalue weighted by Gasteiger charge is 2.43. The number of carbonyl (C=O) groups is 1. The van der Waals surface area contributed by atoms with Gasteiger partial charge in [-0.15, -0.1) is 5.10 Å². The first kappa shape index (κ1) is 20.2. The van der Waals surface area contributed by atoms with E-state index in [1.807, 2.05) is 23.7 Å². The lowest BCUT2D eigenvalue weighted by Crippen LogP contribution is -2.15. The monoisotopic (exact) mass is 446 g/mol. The number of ether oxygens (including phenoxy) is 1. The number of nitrogens with one attached hydrogen (secondary N) is 1. The first-order valence-corrected chi connectivity index (χ1v) is 11.2. The molecule has 2 aliphatic rings. The molecule has 0 aromatic carbocycles. The Morgan fingerprint density at radius 3 is 2.79 bits per heavy atom. The molecule has 0 bridgehead atoms. The van der Waals surface area contributed by atoms with E-state index in [-0.39, 0.29) is 12.3 Å². The molecule has 4 aromatic rings. The zero-order chi connectivity index (χ0) is 22.5. The third-order valence-corrected chi connectivity index (χ3v) is 6.56. The molecule has 1 amide bonds. The fourth-order valence-electron chi connectivity index (χ4n) is 4.45. The summed E-state index contributed by atoms with van der Waals surface area (Å²) in [7, 11) is 0. The van der Waals surface area contributed by atoms with Crippen molar-refractivity contribution in [2.24, 2.45) is 5.92 Å². The summed E-state index contributed by atoms with van der Waals surface area (Å²) in [4.78, 5) is 25.7. The Bertz CT molecular complexity index is 1380. The van der Waals surface area contributed by atoms with Crippen molar-refractivity contribution >= 4 is 28.1 Å². The highest BCUT2D eigenvalue weighted by Crippen LogP contribution is 2.35. The Morgan fingerprint density at radius 2 is 2.00 bits per heavy atom. The second-order valence-electron chi connectivity index (χ2n) is 8.81. The van der Waals surface area contributed by atoms with Crippen LogP contribution in [0.1, 0.15) is 36.4 Å². The van der Waals surface area contributed by atoms with Crippen LogP contribution >= 0.6 is 0 Å². The Balaban J connectivity index is 1.38. The first-order chi connectivity index (χ1) is 16.1. The number of fused-ring (bicyclic) bond motifs is 2. The van der Waals surface area contributed by atoms with E-state index < -0.39 is 12.1 Å². The smallest absolute Gasteiger partial charge is 0.231 e. The number of aromatic nitrogens is 5. The van der Waals surface area contributed by atoms with Gasteiger partial charge < -0.3 is 10.1 Å². The van der Waals surface area contributed by atoms with E-state index in [0.717, 1.165) is 53.7 Å². The van der Waals surface area contributed by atoms with Gasteiger partial charge in [-0.05, 0) is 49.8 Å². The quantitative estimate of drug-likeness (QED) is 0.512. The average Bonchev–Trinajstić information content (AvgIpc) is 3.42. The van der Waals surface area contributed by atoms with Gasteiger partial charge in [0.05, 0.1) is 5.92 Å². The Labute approximate surface area is 189 Å². The maximum atomic E-state index is 13.3. The van der Waals surface area contributed by atoms with Crippen LogP contribution in [0.3, 0.4) is 0 Å². The van der Waals surface area contributed by atoms with Crippen molar-refractivity contribution in [3.8, 4) is 11.4 Å². The third kappa shape index (κ3) is 3.72. The van der Waals surface area contributed by atoms with Gasteiger partial charge in [-0.2, -0.15) is 0 Å². The molecule has 33 heavy (non-hydrogen) atoms. The molecule has 4 aromatic heterocycles. The molecule has 0 radical (unpaired) electrons. The summed E-state index contributed by atoms with van der Waals surface area (Å²) in [6.07, 6.45) is 6.69. The molecule has 0 spiro atoms. The maximum absolute atomic E-state index is 13.3. The van der Waals surface area contributed by atoms with Crippen LogP contribution in [-0.4, -0.2) is 49.9 Å².